The Bertz CT molecular complexity index is 313. The van der Waals surface area contributed by atoms with Gasteiger partial charge in [0.05, 0.1) is 6.10 Å². The molecule has 3 N–H and O–H groups in total. The maximum Gasteiger partial charge on any atom is 0.0722 e. The second-order valence-corrected chi connectivity index (χ2v) is 5.00. The number of unbranched alkanes of at least 4 members (excludes halogenated alkanes) is 1. The molecule has 0 radical (unpaired) electrons. The van der Waals surface area contributed by atoms with Crippen LogP contribution in [0, 0.1) is 0 Å². The molecule has 2 nitrogen and oxygen atoms in total. The van der Waals surface area contributed by atoms with Crippen molar-refractivity contribution in [1.82, 2.24) is 0 Å². The molecule has 0 rings (SSSR count). The number of hydrogen-bond acceptors (Lipinski definition) is 2. The predicted octanol–water partition coefficient (Wildman–Crippen LogP) is 4.28. The summed E-state index contributed by atoms with van der Waals surface area (Å²) in [6.45, 7) is 3.97. The van der Waals surface area contributed by atoms with E-state index in [1.807, 2.05) is 13.0 Å². The van der Waals surface area contributed by atoms with Crippen molar-refractivity contribution in [1.29, 1.82) is 0 Å². The Labute approximate surface area is 124 Å². The first-order valence-corrected chi connectivity index (χ1v) is 7.72. The van der Waals surface area contributed by atoms with E-state index < -0.39 is 6.10 Å². The van der Waals surface area contributed by atoms with Crippen LogP contribution in [0.2, 0.25) is 0 Å². The molecule has 0 aliphatic carbocycles. The minimum absolute atomic E-state index is 0.154. The Hall–Kier alpha value is -1.12. The van der Waals surface area contributed by atoms with Crippen LogP contribution in [0.3, 0.4) is 0 Å². The lowest BCUT2D eigenvalue weighted by molar-refractivity contribution is 0.154. The molecule has 0 saturated carbocycles. The molecule has 0 saturated heterocycles. The summed E-state index contributed by atoms with van der Waals surface area (Å²) in [4.78, 5) is 0. The first-order chi connectivity index (χ1) is 9.68. The molecule has 0 bridgehead atoms. The second kappa shape index (κ2) is 14.3. The van der Waals surface area contributed by atoms with E-state index in [1.54, 1.807) is 0 Å². The first-order valence-electron chi connectivity index (χ1n) is 7.72. The average Bonchev–Trinajstić information content (AvgIpc) is 2.43. The summed E-state index contributed by atoms with van der Waals surface area (Å²) < 4.78 is 0. The Morgan fingerprint density at radius 1 is 0.850 bits per heavy atom. The highest BCUT2D eigenvalue weighted by molar-refractivity contribution is 4.97. The molecule has 0 aromatic rings. The fourth-order valence-electron chi connectivity index (χ4n) is 1.59. The van der Waals surface area contributed by atoms with Gasteiger partial charge >= 0.3 is 0 Å². The predicted molar refractivity (Wildman–Crippen MR) is 89.6 cm³/mol. The average molecular weight is 277 g/mol. The lowest BCUT2D eigenvalue weighted by Gasteiger charge is -2.10. The largest absolute Gasteiger partial charge is 0.391 e. The lowest BCUT2D eigenvalue weighted by Crippen LogP contribution is -2.30. The third-order valence-corrected chi connectivity index (χ3v) is 2.93. The molecule has 0 amide bonds. The van der Waals surface area contributed by atoms with Gasteiger partial charge in [-0.05, 0) is 45.4 Å². The van der Waals surface area contributed by atoms with Gasteiger partial charge < -0.3 is 10.8 Å². The van der Waals surface area contributed by atoms with E-state index in [-0.39, 0.29) is 6.04 Å². The summed E-state index contributed by atoms with van der Waals surface area (Å²) >= 11 is 0. The number of aliphatic hydroxyl groups excluding tert-OH is 1. The topological polar surface area (TPSA) is 46.2 Å². The molecule has 0 aliphatic heterocycles. The van der Waals surface area contributed by atoms with E-state index in [9.17, 15) is 5.11 Å². The molecular formula is C18H31NO. The van der Waals surface area contributed by atoms with Gasteiger partial charge in [-0.25, -0.2) is 0 Å². The Balaban J connectivity index is 3.48. The molecule has 20 heavy (non-hydrogen) atoms. The van der Waals surface area contributed by atoms with Crippen molar-refractivity contribution in [3.63, 3.8) is 0 Å². The molecule has 0 aliphatic rings. The molecule has 0 heterocycles. The fraction of sp³-hybridized carbons (Fsp3) is 0.556. The number of aliphatic hydroxyl groups is 1. The number of allylic oxidation sites excluding steroid dienone is 7. The zero-order valence-corrected chi connectivity index (χ0v) is 13.0. The van der Waals surface area contributed by atoms with Crippen LogP contribution in [0.1, 0.15) is 52.4 Å². The maximum absolute atomic E-state index is 9.50. The fourth-order valence-corrected chi connectivity index (χ4v) is 1.59. The summed E-state index contributed by atoms with van der Waals surface area (Å²) in [5.41, 5.74) is 5.58. The molecular weight excluding hydrogens is 246 g/mol. The summed E-state index contributed by atoms with van der Waals surface area (Å²) in [5, 5.41) is 9.50. The van der Waals surface area contributed by atoms with Crippen LogP contribution in [0.4, 0.5) is 0 Å². The van der Waals surface area contributed by atoms with Gasteiger partial charge in [0.15, 0.2) is 0 Å². The normalized spacial score (nSPS) is 16.0. The Morgan fingerprint density at radius 2 is 1.35 bits per heavy atom. The van der Waals surface area contributed by atoms with E-state index in [2.05, 4.69) is 49.5 Å². The standard InChI is InChI=1S/C18H31NO/c1-3-4-5-6-7-8-9-10-11-12-13-14-15-16-18(20)17(2)19/h4-5,7-8,10-11,14-15,17-18,20H,3,6,9,12-13,16,19H2,1-2H3/b5-4-,8-7-,11-10-,15-14+/t17-,18+/m1/s1. The van der Waals surface area contributed by atoms with Crippen LogP contribution in [-0.2, 0) is 0 Å². The number of hydrogen-bond donors (Lipinski definition) is 2. The maximum atomic E-state index is 9.50. The zero-order chi connectivity index (χ0) is 15.1. The van der Waals surface area contributed by atoms with E-state index in [1.165, 1.54) is 0 Å². The number of nitrogens with two attached hydrogens (primary N) is 1. The SMILES string of the molecule is CC/C=C\C/C=C\C/C=C\CC/C=C/C[C@H](O)[C@@H](C)N. The van der Waals surface area contributed by atoms with E-state index in [4.69, 9.17) is 5.73 Å². The number of rotatable bonds is 11. The van der Waals surface area contributed by atoms with Crippen molar-refractivity contribution in [3.8, 4) is 0 Å². The van der Waals surface area contributed by atoms with E-state index >= 15 is 0 Å². The molecule has 0 spiro atoms. The van der Waals surface area contributed by atoms with Gasteiger partial charge in [0.25, 0.3) is 0 Å². The zero-order valence-electron chi connectivity index (χ0n) is 13.0. The van der Waals surface area contributed by atoms with Crippen LogP contribution >= 0.6 is 0 Å². The van der Waals surface area contributed by atoms with Crippen LogP contribution in [-0.4, -0.2) is 17.3 Å². The van der Waals surface area contributed by atoms with Crippen molar-refractivity contribution in [2.75, 3.05) is 0 Å². The van der Waals surface area contributed by atoms with Crippen molar-refractivity contribution in [2.45, 2.75) is 64.5 Å². The highest BCUT2D eigenvalue weighted by atomic mass is 16.3. The van der Waals surface area contributed by atoms with Crippen molar-refractivity contribution >= 4 is 0 Å². The first kappa shape index (κ1) is 18.9. The quantitative estimate of drug-likeness (QED) is 0.437. The second-order valence-electron chi connectivity index (χ2n) is 5.00. The third kappa shape index (κ3) is 13.3. The van der Waals surface area contributed by atoms with E-state index in [0.717, 1.165) is 32.1 Å². The molecule has 0 fully saturated rings. The summed E-state index contributed by atoms with van der Waals surface area (Å²) in [7, 11) is 0. The molecule has 2 atom stereocenters. The minimum atomic E-state index is -0.423. The van der Waals surface area contributed by atoms with Crippen LogP contribution < -0.4 is 5.73 Å². The van der Waals surface area contributed by atoms with Crippen molar-refractivity contribution in [3.05, 3.63) is 48.6 Å². The van der Waals surface area contributed by atoms with Crippen LogP contribution in [0.5, 0.6) is 0 Å². The molecule has 0 unspecified atom stereocenters. The Kier molecular flexibility index (Phi) is 13.5. The smallest absolute Gasteiger partial charge is 0.0722 e. The van der Waals surface area contributed by atoms with Gasteiger partial charge in [-0.3, -0.25) is 0 Å². The molecule has 0 aromatic carbocycles. The third-order valence-electron chi connectivity index (χ3n) is 2.93. The van der Waals surface area contributed by atoms with Crippen LogP contribution in [0.15, 0.2) is 48.6 Å². The van der Waals surface area contributed by atoms with Gasteiger partial charge in [-0.2, -0.15) is 0 Å². The van der Waals surface area contributed by atoms with Crippen LogP contribution in [0.25, 0.3) is 0 Å². The summed E-state index contributed by atoms with van der Waals surface area (Å²) in [5.74, 6) is 0. The summed E-state index contributed by atoms with van der Waals surface area (Å²) in [6.07, 6.45) is 22.8. The van der Waals surface area contributed by atoms with Crippen molar-refractivity contribution in [2.24, 2.45) is 5.73 Å². The molecule has 0 aromatic heterocycles. The van der Waals surface area contributed by atoms with Crippen molar-refractivity contribution < 1.29 is 5.11 Å². The van der Waals surface area contributed by atoms with Gasteiger partial charge in [-0.1, -0.05) is 55.5 Å². The lowest BCUT2D eigenvalue weighted by atomic mass is 10.1. The summed E-state index contributed by atoms with van der Waals surface area (Å²) in [6, 6.07) is -0.154. The van der Waals surface area contributed by atoms with E-state index in [0.29, 0.717) is 6.42 Å². The minimum Gasteiger partial charge on any atom is -0.391 e. The highest BCUT2D eigenvalue weighted by Crippen LogP contribution is 2.00. The van der Waals surface area contributed by atoms with Gasteiger partial charge in [-0.15, -0.1) is 0 Å². The molecule has 114 valence electrons. The van der Waals surface area contributed by atoms with Gasteiger partial charge in [0.1, 0.15) is 0 Å². The molecule has 2 heteroatoms. The van der Waals surface area contributed by atoms with Gasteiger partial charge in [0.2, 0.25) is 0 Å². The Morgan fingerprint density at radius 3 is 1.90 bits per heavy atom. The monoisotopic (exact) mass is 277 g/mol. The highest BCUT2D eigenvalue weighted by Gasteiger charge is 2.05. The van der Waals surface area contributed by atoms with Gasteiger partial charge in [0, 0.05) is 6.04 Å².